The fourth-order valence-electron chi connectivity index (χ4n) is 1.24. The Hall–Kier alpha value is -1.80. The van der Waals surface area contributed by atoms with Gasteiger partial charge in [0.1, 0.15) is 6.07 Å². The molecule has 0 aliphatic rings. The summed E-state index contributed by atoms with van der Waals surface area (Å²) in [4.78, 5) is 22.8. The molecule has 0 radical (unpaired) electrons. The maximum Gasteiger partial charge on any atom is 0.340 e. The van der Waals surface area contributed by atoms with E-state index in [4.69, 9.17) is 10.00 Å². The highest BCUT2D eigenvalue weighted by Gasteiger charge is 2.19. The fourth-order valence-corrected chi connectivity index (χ4v) is 1.48. The first kappa shape index (κ1) is 12.3. The standard InChI is InChI=1S/C11H9NO3S/c1-2-15-11(14)10-7(5-12)3-4-9(16)8(10)6-13/h3-4,6,16H,2H2,1H3. The molecule has 5 heteroatoms. The SMILES string of the molecule is CCOC(=O)c1c(C#N)ccc(S)c1C=O. The summed E-state index contributed by atoms with van der Waals surface area (Å²) in [7, 11) is 0. The number of thiol groups is 1. The number of carbonyl (C=O) groups is 2. The third kappa shape index (κ3) is 2.23. The van der Waals surface area contributed by atoms with Gasteiger partial charge in [0, 0.05) is 10.5 Å². The van der Waals surface area contributed by atoms with Crippen molar-refractivity contribution < 1.29 is 14.3 Å². The van der Waals surface area contributed by atoms with Crippen LogP contribution < -0.4 is 0 Å². The van der Waals surface area contributed by atoms with Gasteiger partial charge in [0.05, 0.1) is 17.7 Å². The molecular weight excluding hydrogens is 226 g/mol. The van der Waals surface area contributed by atoms with Crippen LogP contribution in [0.2, 0.25) is 0 Å². The average Bonchev–Trinajstić information content (AvgIpc) is 2.28. The van der Waals surface area contributed by atoms with Crippen LogP contribution in [0.5, 0.6) is 0 Å². The van der Waals surface area contributed by atoms with Gasteiger partial charge in [-0.25, -0.2) is 4.79 Å². The van der Waals surface area contributed by atoms with Gasteiger partial charge in [-0.15, -0.1) is 12.6 Å². The molecule has 0 saturated heterocycles. The minimum Gasteiger partial charge on any atom is -0.462 e. The summed E-state index contributed by atoms with van der Waals surface area (Å²) in [6, 6.07) is 4.77. The number of hydrogen-bond donors (Lipinski definition) is 1. The Morgan fingerprint density at radius 3 is 2.81 bits per heavy atom. The predicted molar refractivity (Wildman–Crippen MR) is 59.8 cm³/mol. The highest BCUT2D eigenvalue weighted by atomic mass is 32.1. The van der Waals surface area contributed by atoms with Crippen LogP contribution in [0, 0.1) is 11.3 Å². The Kier molecular flexibility index (Phi) is 4.09. The molecule has 0 fully saturated rings. The van der Waals surface area contributed by atoms with Crippen molar-refractivity contribution in [1.29, 1.82) is 5.26 Å². The van der Waals surface area contributed by atoms with Gasteiger partial charge < -0.3 is 4.74 Å². The molecular formula is C11H9NO3S. The number of nitriles is 1. The molecule has 0 N–H and O–H groups in total. The zero-order valence-corrected chi connectivity index (χ0v) is 9.45. The highest BCUT2D eigenvalue weighted by Crippen LogP contribution is 2.21. The van der Waals surface area contributed by atoms with Crippen molar-refractivity contribution in [2.75, 3.05) is 6.61 Å². The van der Waals surface area contributed by atoms with E-state index in [9.17, 15) is 9.59 Å². The first-order valence-corrected chi connectivity index (χ1v) is 4.98. The number of hydrogen-bond acceptors (Lipinski definition) is 5. The molecule has 0 spiro atoms. The lowest BCUT2D eigenvalue weighted by Gasteiger charge is -2.08. The van der Waals surface area contributed by atoms with Crippen molar-refractivity contribution in [3.05, 3.63) is 28.8 Å². The molecule has 1 aromatic rings. The monoisotopic (exact) mass is 235 g/mol. The van der Waals surface area contributed by atoms with Gasteiger partial charge in [0.15, 0.2) is 6.29 Å². The van der Waals surface area contributed by atoms with Crippen LogP contribution in [-0.2, 0) is 4.74 Å². The normalized spacial score (nSPS) is 9.31. The molecule has 0 aliphatic carbocycles. The summed E-state index contributed by atoms with van der Waals surface area (Å²) in [5.74, 6) is -0.683. The summed E-state index contributed by atoms with van der Waals surface area (Å²) in [6.07, 6.45) is 0.495. The Morgan fingerprint density at radius 1 is 1.62 bits per heavy atom. The van der Waals surface area contributed by atoms with Gasteiger partial charge in [0.2, 0.25) is 0 Å². The summed E-state index contributed by atoms with van der Waals surface area (Å²) >= 11 is 4.05. The highest BCUT2D eigenvalue weighted by molar-refractivity contribution is 7.80. The van der Waals surface area contributed by atoms with Crippen LogP contribution in [-0.4, -0.2) is 18.9 Å². The van der Waals surface area contributed by atoms with Crippen LogP contribution in [0.4, 0.5) is 0 Å². The maximum absolute atomic E-state index is 11.6. The predicted octanol–water partition coefficient (Wildman–Crippen LogP) is 1.84. The number of rotatable bonds is 3. The van der Waals surface area contributed by atoms with E-state index in [0.29, 0.717) is 11.2 Å². The molecule has 0 aliphatic heterocycles. The van der Waals surface area contributed by atoms with Gasteiger partial charge >= 0.3 is 5.97 Å². The van der Waals surface area contributed by atoms with Crippen LogP contribution in [0.15, 0.2) is 17.0 Å². The van der Waals surface area contributed by atoms with Gasteiger partial charge in [0.25, 0.3) is 0 Å². The largest absolute Gasteiger partial charge is 0.462 e. The van der Waals surface area contributed by atoms with Gasteiger partial charge in [-0.2, -0.15) is 5.26 Å². The van der Waals surface area contributed by atoms with E-state index in [-0.39, 0.29) is 23.3 Å². The van der Waals surface area contributed by atoms with E-state index in [0.717, 1.165) is 0 Å². The molecule has 0 saturated carbocycles. The molecule has 0 bridgehead atoms. The third-order valence-electron chi connectivity index (χ3n) is 1.94. The van der Waals surface area contributed by atoms with Crippen molar-refractivity contribution >= 4 is 24.9 Å². The Labute approximate surface area is 98.2 Å². The molecule has 16 heavy (non-hydrogen) atoms. The van der Waals surface area contributed by atoms with E-state index in [2.05, 4.69) is 12.6 Å². The summed E-state index contributed by atoms with van der Waals surface area (Å²) in [5.41, 5.74) is 0.172. The van der Waals surface area contributed by atoms with E-state index in [1.54, 1.807) is 6.92 Å². The number of aldehydes is 1. The summed E-state index contributed by atoms with van der Waals surface area (Å²) < 4.78 is 4.79. The first-order valence-electron chi connectivity index (χ1n) is 4.54. The zero-order chi connectivity index (χ0) is 12.1. The number of esters is 1. The molecule has 4 nitrogen and oxygen atoms in total. The summed E-state index contributed by atoms with van der Waals surface area (Å²) in [5, 5.41) is 8.85. The lowest BCUT2D eigenvalue weighted by Crippen LogP contribution is -2.11. The minimum absolute atomic E-state index is 0.0214. The second-order valence-corrected chi connectivity index (χ2v) is 3.35. The second kappa shape index (κ2) is 5.33. The van der Waals surface area contributed by atoms with Crippen molar-refractivity contribution in [3.63, 3.8) is 0 Å². The van der Waals surface area contributed by atoms with E-state index >= 15 is 0 Å². The second-order valence-electron chi connectivity index (χ2n) is 2.87. The summed E-state index contributed by atoms with van der Waals surface area (Å²) in [6.45, 7) is 1.83. The Balaban J connectivity index is 3.43. The molecule has 82 valence electrons. The Morgan fingerprint density at radius 2 is 2.31 bits per heavy atom. The van der Waals surface area contributed by atoms with Crippen LogP contribution >= 0.6 is 12.6 Å². The topological polar surface area (TPSA) is 67.2 Å². The lowest BCUT2D eigenvalue weighted by atomic mass is 10.0. The molecule has 1 aromatic carbocycles. The smallest absolute Gasteiger partial charge is 0.340 e. The molecule has 0 aromatic heterocycles. The molecule has 0 amide bonds. The first-order chi connectivity index (χ1) is 7.65. The quantitative estimate of drug-likeness (QED) is 0.493. The van der Waals surface area contributed by atoms with Gasteiger partial charge in [-0.05, 0) is 19.1 Å². The fraction of sp³-hybridized carbons (Fsp3) is 0.182. The molecule has 0 heterocycles. The van der Waals surface area contributed by atoms with Crippen molar-refractivity contribution in [3.8, 4) is 6.07 Å². The van der Waals surface area contributed by atoms with Gasteiger partial charge in [-0.3, -0.25) is 4.79 Å². The maximum atomic E-state index is 11.6. The number of benzene rings is 1. The minimum atomic E-state index is -0.683. The van der Waals surface area contributed by atoms with Crippen molar-refractivity contribution in [2.24, 2.45) is 0 Å². The van der Waals surface area contributed by atoms with E-state index in [1.165, 1.54) is 12.1 Å². The van der Waals surface area contributed by atoms with Crippen LogP contribution in [0.25, 0.3) is 0 Å². The number of carbonyl (C=O) groups excluding carboxylic acids is 2. The van der Waals surface area contributed by atoms with E-state index in [1.807, 2.05) is 6.07 Å². The van der Waals surface area contributed by atoms with E-state index < -0.39 is 5.97 Å². The average molecular weight is 235 g/mol. The number of nitrogens with zero attached hydrogens (tertiary/aromatic N) is 1. The van der Waals surface area contributed by atoms with Crippen LogP contribution in [0.3, 0.4) is 0 Å². The molecule has 0 atom stereocenters. The van der Waals surface area contributed by atoms with Crippen LogP contribution in [0.1, 0.15) is 33.2 Å². The Bertz CT molecular complexity index is 477. The van der Waals surface area contributed by atoms with Crippen molar-refractivity contribution in [1.82, 2.24) is 0 Å². The number of ether oxygens (including phenoxy) is 1. The molecule has 0 unspecified atom stereocenters. The van der Waals surface area contributed by atoms with Gasteiger partial charge in [-0.1, -0.05) is 0 Å². The lowest BCUT2D eigenvalue weighted by molar-refractivity contribution is 0.0523. The third-order valence-corrected chi connectivity index (χ3v) is 2.33. The zero-order valence-electron chi connectivity index (χ0n) is 8.56. The molecule has 1 rings (SSSR count). The van der Waals surface area contributed by atoms with Crippen molar-refractivity contribution in [2.45, 2.75) is 11.8 Å².